The van der Waals surface area contributed by atoms with Crippen LogP contribution in [0.2, 0.25) is 0 Å². The van der Waals surface area contributed by atoms with Crippen LogP contribution in [-0.4, -0.2) is 45.2 Å². The Balaban J connectivity index is 3.29. The predicted molar refractivity (Wildman–Crippen MR) is 68.0 cm³/mol. The number of unbranched alkanes of at least 4 members (excludes halogenated alkanes) is 1. The molecule has 3 heteroatoms. The number of hydrogen-bond donors (Lipinski definition) is 2. The van der Waals surface area contributed by atoms with Crippen LogP contribution in [0.3, 0.4) is 0 Å². The van der Waals surface area contributed by atoms with Crippen LogP contribution in [0.4, 0.5) is 0 Å². The third kappa shape index (κ3) is 8.85. The summed E-state index contributed by atoms with van der Waals surface area (Å²) in [4.78, 5) is 2.23. The van der Waals surface area contributed by atoms with Crippen molar-refractivity contribution in [2.45, 2.75) is 26.7 Å². The van der Waals surface area contributed by atoms with Gasteiger partial charge in [0.05, 0.1) is 0 Å². The Bertz CT molecular complexity index is 135. The Hall–Kier alpha value is -0.120. The van der Waals surface area contributed by atoms with Gasteiger partial charge in [0.1, 0.15) is 0 Å². The van der Waals surface area contributed by atoms with Crippen LogP contribution in [0.15, 0.2) is 0 Å². The highest BCUT2D eigenvalue weighted by atomic mass is 15.0. The number of nitrogens with one attached hydrogen (secondary N) is 1. The van der Waals surface area contributed by atoms with E-state index in [-0.39, 0.29) is 0 Å². The lowest BCUT2D eigenvalue weighted by Gasteiger charge is -2.19. The molecule has 0 aromatic carbocycles. The summed E-state index contributed by atoms with van der Waals surface area (Å²) < 4.78 is 0. The lowest BCUT2D eigenvalue weighted by Crippen LogP contribution is -2.32. The Morgan fingerprint density at radius 1 is 1.20 bits per heavy atom. The second kappa shape index (κ2) is 9.13. The summed E-state index contributed by atoms with van der Waals surface area (Å²) in [5, 5.41) is 3.49. The first-order valence-electron chi connectivity index (χ1n) is 6.13. The molecule has 0 aromatic heterocycles. The summed E-state index contributed by atoms with van der Waals surface area (Å²) in [5.41, 5.74) is 5.71. The monoisotopic (exact) mass is 215 g/mol. The lowest BCUT2D eigenvalue weighted by atomic mass is 9.96. The SMILES string of the molecule is CC(C)C(CN)CNCCCCN(C)C. The molecule has 0 aliphatic carbocycles. The first kappa shape index (κ1) is 14.9. The van der Waals surface area contributed by atoms with Crippen LogP contribution in [0.25, 0.3) is 0 Å². The second-order valence-corrected chi connectivity index (χ2v) is 4.95. The minimum Gasteiger partial charge on any atom is -0.330 e. The zero-order chi connectivity index (χ0) is 11.7. The zero-order valence-corrected chi connectivity index (χ0v) is 10.9. The van der Waals surface area contributed by atoms with Crippen molar-refractivity contribution in [2.24, 2.45) is 17.6 Å². The number of rotatable bonds is 9. The Kier molecular flexibility index (Phi) is 9.06. The van der Waals surface area contributed by atoms with Gasteiger partial charge in [-0.15, -0.1) is 0 Å². The van der Waals surface area contributed by atoms with E-state index in [4.69, 9.17) is 5.73 Å². The van der Waals surface area contributed by atoms with Crippen LogP contribution in [0, 0.1) is 11.8 Å². The minimum atomic E-state index is 0.624. The second-order valence-electron chi connectivity index (χ2n) is 4.95. The van der Waals surface area contributed by atoms with Gasteiger partial charge in [0.2, 0.25) is 0 Å². The van der Waals surface area contributed by atoms with Gasteiger partial charge in [0.25, 0.3) is 0 Å². The van der Waals surface area contributed by atoms with E-state index >= 15 is 0 Å². The average Bonchev–Trinajstić information content (AvgIpc) is 2.15. The summed E-state index contributed by atoms with van der Waals surface area (Å²) >= 11 is 0. The Morgan fingerprint density at radius 3 is 2.33 bits per heavy atom. The summed E-state index contributed by atoms with van der Waals surface area (Å²) in [5.74, 6) is 1.31. The predicted octanol–water partition coefficient (Wildman–Crippen LogP) is 1.15. The maximum Gasteiger partial charge on any atom is -0.000600 e. The van der Waals surface area contributed by atoms with Gasteiger partial charge in [0, 0.05) is 0 Å². The van der Waals surface area contributed by atoms with E-state index in [9.17, 15) is 0 Å². The van der Waals surface area contributed by atoms with Gasteiger partial charge < -0.3 is 16.0 Å². The van der Waals surface area contributed by atoms with Crippen LogP contribution in [0.1, 0.15) is 26.7 Å². The van der Waals surface area contributed by atoms with E-state index in [1.165, 1.54) is 19.4 Å². The van der Waals surface area contributed by atoms with Crippen molar-refractivity contribution in [1.29, 1.82) is 0 Å². The molecule has 3 nitrogen and oxygen atoms in total. The smallest absolute Gasteiger partial charge is 0.000600 e. The fraction of sp³-hybridized carbons (Fsp3) is 1.00. The molecule has 0 amide bonds. The molecule has 0 saturated heterocycles. The number of nitrogens with zero attached hydrogens (tertiary/aromatic N) is 1. The van der Waals surface area contributed by atoms with E-state index in [1.54, 1.807) is 0 Å². The molecule has 1 atom stereocenters. The van der Waals surface area contributed by atoms with Crippen molar-refractivity contribution in [2.75, 3.05) is 40.3 Å². The third-order valence-electron chi connectivity index (χ3n) is 2.86. The molecule has 0 saturated carbocycles. The van der Waals surface area contributed by atoms with Crippen molar-refractivity contribution >= 4 is 0 Å². The Morgan fingerprint density at radius 2 is 1.87 bits per heavy atom. The minimum absolute atomic E-state index is 0.624. The molecule has 0 heterocycles. The van der Waals surface area contributed by atoms with Crippen LogP contribution in [-0.2, 0) is 0 Å². The summed E-state index contributed by atoms with van der Waals surface area (Å²) in [7, 11) is 4.24. The van der Waals surface area contributed by atoms with Crippen molar-refractivity contribution in [1.82, 2.24) is 10.2 Å². The summed E-state index contributed by atoms with van der Waals surface area (Å²) in [6.07, 6.45) is 2.53. The Labute approximate surface area is 95.4 Å². The molecule has 0 aromatic rings. The van der Waals surface area contributed by atoms with E-state index in [2.05, 4.69) is 38.2 Å². The normalized spacial score (nSPS) is 13.8. The maximum absolute atomic E-state index is 5.71. The molecular weight excluding hydrogens is 186 g/mol. The maximum atomic E-state index is 5.71. The van der Waals surface area contributed by atoms with Gasteiger partial charge in [-0.3, -0.25) is 0 Å². The molecule has 0 radical (unpaired) electrons. The van der Waals surface area contributed by atoms with Crippen molar-refractivity contribution in [3.05, 3.63) is 0 Å². The van der Waals surface area contributed by atoms with Gasteiger partial charge in [-0.1, -0.05) is 13.8 Å². The largest absolute Gasteiger partial charge is 0.330 e. The molecule has 0 bridgehead atoms. The third-order valence-corrected chi connectivity index (χ3v) is 2.86. The van der Waals surface area contributed by atoms with Crippen LogP contribution >= 0.6 is 0 Å². The molecule has 1 unspecified atom stereocenters. The molecule has 0 rings (SSSR count). The van der Waals surface area contributed by atoms with Gasteiger partial charge in [-0.05, 0) is 65.0 Å². The van der Waals surface area contributed by atoms with Gasteiger partial charge in [-0.25, -0.2) is 0 Å². The van der Waals surface area contributed by atoms with E-state index < -0.39 is 0 Å². The molecule has 92 valence electrons. The summed E-state index contributed by atoms with van der Waals surface area (Å²) in [6.45, 7) is 8.65. The molecule has 0 aliphatic heterocycles. The highest BCUT2D eigenvalue weighted by molar-refractivity contribution is 4.66. The van der Waals surface area contributed by atoms with Crippen LogP contribution in [0.5, 0.6) is 0 Å². The van der Waals surface area contributed by atoms with E-state index in [1.807, 2.05) is 0 Å². The average molecular weight is 215 g/mol. The zero-order valence-electron chi connectivity index (χ0n) is 10.9. The molecule has 3 N–H and O–H groups in total. The van der Waals surface area contributed by atoms with Crippen molar-refractivity contribution < 1.29 is 0 Å². The standard InChI is InChI=1S/C12H29N3/c1-11(2)12(9-13)10-14-7-5-6-8-15(3)4/h11-12,14H,5-10,13H2,1-4H3. The molecule has 0 spiro atoms. The fourth-order valence-electron chi connectivity index (χ4n) is 1.56. The number of hydrogen-bond acceptors (Lipinski definition) is 3. The van der Waals surface area contributed by atoms with Gasteiger partial charge in [-0.2, -0.15) is 0 Å². The first-order valence-corrected chi connectivity index (χ1v) is 6.13. The summed E-state index contributed by atoms with van der Waals surface area (Å²) in [6, 6.07) is 0. The van der Waals surface area contributed by atoms with Gasteiger partial charge >= 0.3 is 0 Å². The topological polar surface area (TPSA) is 41.3 Å². The van der Waals surface area contributed by atoms with E-state index in [0.717, 1.165) is 19.6 Å². The lowest BCUT2D eigenvalue weighted by molar-refractivity contribution is 0.361. The molecule has 0 aliphatic rings. The quantitative estimate of drug-likeness (QED) is 0.567. The van der Waals surface area contributed by atoms with Crippen LogP contribution < -0.4 is 11.1 Å². The molecule has 15 heavy (non-hydrogen) atoms. The van der Waals surface area contributed by atoms with Crippen molar-refractivity contribution in [3.8, 4) is 0 Å². The van der Waals surface area contributed by atoms with Gasteiger partial charge in [0.15, 0.2) is 0 Å². The molecule has 0 fully saturated rings. The highest BCUT2D eigenvalue weighted by Gasteiger charge is 2.09. The number of nitrogens with two attached hydrogens (primary N) is 1. The molecular formula is C12H29N3. The van der Waals surface area contributed by atoms with Crippen molar-refractivity contribution in [3.63, 3.8) is 0 Å². The highest BCUT2D eigenvalue weighted by Crippen LogP contribution is 2.07. The fourth-order valence-corrected chi connectivity index (χ4v) is 1.56. The van der Waals surface area contributed by atoms with E-state index in [0.29, 0.717) is 11.8 Å². The first-order chi connectivity index (χ1) is 7.07.